The summed E-state index contributed by atoms with van der Waals surface area (Å²) < 4.78 is 1.89. The molecule has 1 aliphatic rings. The summed E-state index contributed by atoms with van der Waals surface area (Å²) in [6.07, 6.45) is 3.53. The molecular formula is C22H22N4OS. The highest BCUT2D eigenvalue weighted by Crippen LogP contribution is 2.23. The van der Waals surface area contributed by atoms with Gasteiger partial charge in [0.05, 0.1) is 21.6 Å². The van der Waals surface area contributed by atoms with Crippen LogP contribution in [0.25, 0.3) is 6.08 Å². The third kappa shape index (κ3) is 3.82. The number of hydrogen-bond donors (Lipinski definition) is 1. The van der Waals surface area contributed by atoms with Gasteiger partial charge in [0, 0.05) is 6.54 Å². The molecule has 0 bridgehead atoms. The maximum Gasteiger partial charge on any atom is 0.211 e. The van der Waals surface area contributed by atoms with Crippen molar-refractivity contribution in [3.8, 4) is 5.88 Å². The Morgan fingerprint density at radius 1 is 1.18 bits per heavy atom. The molecule has 0 saturated carbocycles. The fourth-order valence-electron chi connectivity index (χ4n) is 3.01. The molecule has 0 radical (unpaired) electrons. The fourth-order valence-corrected chi connectivity index (χ4v) is 4.02. The zero-order chi connectivity index (χ0) is 19.7. The summed E-state index contributed by atoms with van der Waals surface area (Å²) in [4.78, 5) is 14.8. The summed E-state index contributed by atoms with van der Waals surface area (Å²) in [7, 11) is 0. The number of aromatic nitrogens is 1. The molecule has 0 aliphatic carbocycles. The fraction of sp³-hybridized carbons (Fsp3) is 0.227. The van der Waals surface area contributed by atoms with Crippen molar-refractivity contribution in [1.82, 2.24) is 4.57 Å². The molecule has 142 valence electrons. The molecule has 1 aliphatic heterocycles. The summed E-state index contributed by atoms with van der Waals surface area (Å²) in [5.41, 5.74) is 2.93. The number of rotatable bonds is 4. The molecule has 3 aromatic rings. The van der Waals surface area contributed by atoms with Crippen molar-refractivity contribution in [2.75, 3.05) is 0 Å². The standard InChI is InChI=1S/C22H22N4OS/c1-14(2)12-26-21(27)20(11-16-6-9-18-19(10-16)24-13-23-18)28-22(26)25-17-7-4-15(3)5-8-17/h4-11,13-14,27H,12H2,1-3H3. The highest BCUT2D eigenvalue weighted by molar-refractivity contribution is 7.10. The molecular weight excluding hydrogens is 368 g/mol. The topological polar surface area (TPSA) is 62.2 Å². The van der Waals surface area contributed by atoms with Crippen LogP contribution in [-0.2, 0) is 6.54 Å². The Labute approximate surface area is 167 Å². The van der Waals surface area contributed by atoms with Gasteiger partial charge in [-0.3, -0.25) is 4.57 Å². The van der Waals surface area contributed by atoms with Gasteiger partial charge < -0.3 is 5.11 Å². The van der Waals surface area contributed by atoms with Crippen molar-refractivity contribution in [2.24, 2.45) is 20.9 Å². The zero-order valence-corrected chi connectivity index (χ0v) is 16.9. The minimum atomic E-state index is 0.248. The predicted octanol–water partition coefficient (Wildman–Crippen LogP) is 3.57. The van der Waals surface area contributed by atoms with E-state index in [2.05, 4.69) is 30.8 Å². The van der Waals surface area contributed by atoms with Crippen LogP contribution in [0.3, 0.4) is 0 Å². The molecule has 1 aromatic heterocycles. The number of benzene rings is 2. The lowest BCUT2D eigenvalue weighted by molar-refractivity contribution is 0.387. The Kier molecular flexibility index (Phi) is 4.96. The van der Waals surface area contributed by atoms with Crippen LogP contribution in [0, 0.1) is 12.8 Å². The number of fused-ring (bicyclic) bond motifs is 1. The lowest BCUT2D eigenvalue weighted by Gasteiger charge is -2.07. The van der Waals surface area contributed by atoms with E-state index in [-0.39, 0.29) is 5.88 Å². The first-order valence-electron chi connectivity index (χ1n) is 9.26. The van der Waals surface area contributed by atoms with E-state index >= 15 is 0 Å². The second-order valence-electron chi connectivity index (χ2n) is 7.29. The Balaban J connectivity index is 1.84. The van der Waals surface area contributed by atoms with Gasteiger partial charge in [0.25, 0.3) is 0 Å². The molecule has 0 spiro atoms. The van der Waals surface area contributed by atoms with Crippen LogP contribution in [0.15, 0.2) is 57.4 Å². The van der Waals surface area contributed by atoms with E-state index in [1.54, 1.807) is 6.34 Å². The van der Waals surface area contributed by atoms with Gasteiger partial charge in [-0.2, -0.15) is 0 Å². The second-order valence-corrected chi connectivity index (χ2v) is 8.30. The molecule has 28 heavy (non-hydrogen) atoms. The summed E-state index contributed by atoms with van der Waals surface area (Å²) in [6.45, 7) is 7.02. The molecule has 0 unspecified atom stereocenters. The van der Waals surface area contributed by atoms with Crippen LogP contribution >= 0.6 is 11.3 Å². The summed E-state index contributed by atoms with van der Waals surface area (Å²) in [6, 6.07) is 14.0. The van der Waals surface area contributed by atoms with E-state index in [0.717, 1.165) is 31.6 Å². The van der Waals surface area contributed by atoms with Crippen molar-refractivity contribution < 1.29 is 5.11 Å². The van der Waals surface area contributed by atoms with Crippen LogP contribution < -0.4 is 15.4 Å². The molecule has 0 fully saturated rings. The van der Waals surface area contributed by atoms with Gasteiger partial charge in [-0.25, -0.2) is 15.0 Å². The number of hydrogen-bond acceptors (Lipinski definition) is 5. The van der Waals surface area contributed by atoms with E-state index in [1.165, 1.54) is 16.9 Å². The molecule has 2 heterocycles. The third-order valence-corrected chi connectivity index (χ3v) is 5.42. The van der Waals surface area contributed by atoms with Crippen LogP contribution in [0.5, 0.6) is 5.88 Å². The Hall–Kier alpha value is -2.99. The van der Waals surface area contributed by atoms with E-state index < -0.39 is 0 Å². The van der Waals surface area contributed by atoms with Crippen LogP contribution in [0.4, 0.5) is 11.4 Å². The Morgan fingerprint density at radius 3 is 2.71 bits per heavy atom. The van der Waals surface area contributed by atoms with Gasteiger partial charge in [-0.1, -0.05) is 48.9 Å². The lowest BCUT2D eigenvalue weighted by atomic mass is 10.2. The average molecular weight is 391 g/mol. The largest absolute Gasteiger partial charge is 0.493 e. The molecule has 2 aromatic carbocycles. The smallest absolute Gasteiger partial charge is 0.211 e. The van der Waals surface area contributed by atoms with Gasteiger partial charge in [0.15, 0.2) is 4.80 Å². The van der Waals surface area contributed by atoms with Gasteiger partial charge in [-0.15, -0.1) is 0 Å². The average Bonchev–Trinajstić information content (AvgIpc) is 3.23. The SMILES string of the molecule is Cc1ccc(N=c2sc(C=c3ccc4c(c3)N=CN=4)c(O)n2CC(C)C)cc1. The molecule has 5 nitrogen and oxygen atoms in total. The lowest BCUT2D eigenvalue weighted by Crippen LogP contribution is -2.17. The monoisotopic (exact) mass is 390 g/mol. The first-order valence-corrected chi connectivity index (χ1v) is 10.1. The number of nitrogens with zero attached hydrogens (tertiary/aromatic N) is 4. The third-order valence-electron chi connectivity index (χ3n) is 4.41. The van der Waals surface area contributed by atoms with Crippen molar-refractivity contribution in [3.05, 3.63) is 68.3 Å². The maximum absolute atomic E-state index is 10.9. The van der Waals surface area contributed by atoms with Crippen LogP contribution in [0.1, 0.15) is 24.3 Å². The Bertz CT molecular complexity index is 1230. The number of aliphatic imine (C=N–C) groups is 1. The molecule has 1 N–H and O–H groups in total. The van der Waals surface area contributed by atoms with Crippen LogP contribution in [0.2, 0.25) is 0 Å². The summed E-state index contributed by atoms with van der Waals surface area (Å²) in [5.74, 6) is 0.638. The Morgan fingerprint density at radius 2 is 1.96 bits per heavy atom. The molecule has 0 saturated heterocycles. The minimum Gasteiger partial charge on any atom is -0.493 e. The molecule has 0 amide bonds. The molecule has 4 rings (SSSR count). The van der Waals surface area contributed by atoms with Gasteiger partial charge >= 0.3 is 0 Å². The normalized spacial score (nSPS) is 14.0. The second kappa shape index (κ2) is 7.56. The van der Waals surface area contributed by atoms with E-state index in [0.29, 0.717) is 12.5 Å². The highest BCUT2D eigenvalue weighted by atomic mass is 32.1. The predicted molar refractivity (Wildman–Crippen MR) is 114 cm³/mol. The zero-order valence-electron chi connectivity index (χ0n) is 16.1. The van der Waals surface area contributed by atoms with Crippen molar-refractivity contribution in [1.29, 1.82) is 0 Å². The highest BCUT2D eigenvalue weighted by Gasteiger charge is 2.12. The number of thiazole rings is 1. The van der Waals surface area contributed by atoms with Crippen molar-refractivity contribution >= 4 is 35.1 Å². The minimum absolute atomic E-state index is 0.248. The molecule has 0 atom stereocenters. The first-order chi connectivity index (χ1) is 13.5. The van der Waals surface area contributed by atoms with E-state index in [1.807, 2.05) is 53.1 Å². The summed E-state index contributed by atoms with van der Waals surface area (Å²) >= 11 is 1.48. The number of aromatic hydroxyl groups is 1. The van der Waals surface area contributed by atoms with Crippen molar-refractivity contribution in [2.45, 2.75) is 27.3 Å². The number of aryl methyl sites for hydroxylation is 1. The van der Waals surface area contributed by atoms with Crippen molar-refractivity contribution in [3.63, 3.8) is 0 Å². The van der Waals surface area contributed by atoms with E-state index in [9.17, 15) is 5.11 Å². The molecule has 6 heteroatoms. The van der Waals surface area contributed by atoms with Crippen LogP contribution in [-0.4, -0.2) is 16.0 Å². The summed E-state index contributed by atoms with van der Waals surface area (Å²) in [5, 5.41) is 12.7. The van der Waals surface area contributed by atoms with Gasteiger partial charge in [0.2, 0.25) is 5.88 Å². The van der Waals surface area contributed by atoms with Gasteiger partial charge in [0.1, 0.15) is 6.34 Å². The van der Waals surface area contributed by atoms with E-state index in [4.69, 9.17) is 4.99 Å². The van der Waals surface area contributed by atoms with Gasteiger partial charge in [-0.05, 0) is 48.4 Å². The quantitative estimate of drug-likeness (QED) is 0.727. The maximum atomic E-state index is 10.9. The first kappa shape index (κ1) is 18.4.